The van der Waals surface area contributed by atoms with Crippen molar-refractivity contribution in [2.45, 2.75) is 46.1 Å². The third kappa shape index (κ3) is 5.30. The van der Waals surface area contributed by atoms with E-state index in [0.717, 1.165) is 12.3 Å². The standard InChI is InChI=1S/C12H25NO2S/c1-4-10(2)9-16(14,15)8-7-13-11(3)12-5-6-12/h10-13H,4-9H2,1-3H3. The van der Waals surface area contributed by atoms with E-state index < -0.39 is 9.84 Å². The Labute approximate surface area is 99.9 Å². The van der Waals surface area contributed by atoms with Crippen LogP contribution < -0.4 is 5.32 Å². The summed E-state index contributed by atoms with van der Waals surface area (Å²) >= 11 is 0. The van der Waals surface area contributed by atoms with E-state index in [9.17, 15) is 8.42 Å². The molecular weight excluding hydrogens is 222 g/mol. The summed E-state index contributed by atoms with van der Waals surface area (Å²) in [4.78, 5) is 0. The molecule has 1 saturated carbocycles. The van der Waals surface area contributed by atoms with Gasteiger partial charge in [-0.25, -0.2) is 8.42 Å². The van der Waals surface area contributed by atoms with E-state index in [1.165, 1.54) is 12.8 Å². The maximum Gasteiger partial charge on any atom is 0.151 e. The average Bonchev–Trinajstić information content (AvgIpc) is 2.99. The summed E-state index contributed by atoms with van der Waals surface area (Å²) in [6.45, 7) is 6.79. The molecule has 1 fully saturated rings. The highest BCUT2D eigenvalue weighted by Gasteiger charge is 2.27. The summed E-state index contributed by atoms with van der Waals surface area (Å²) in [5.41, 5.74) is 0. The van der Waals surface area contributed by atoms with E-state index in [-0.39, 0.29) is 11.7 Å². The van der Waals surface area contributed by atoms with Crippen LogP contribution in [0.2, 0.25) is 0 Å². The molecule has 96 valence electrons. The van der Waals surface area contributed by atoms with E-state index in [1.807, 2.05) is 13.8 Å². The smallest absolute Gasteiger partial charge is 0.151 e. The lowest BCUT2D eigenvalue weighted by Crippen LogP contribution is -2.33. The van der Waals surface area contributed by atoms with Gasteiger partial charge in [-0.1, -0.05) is 20.3 Å². The van der Waals surface area contributed by atoms with E-state index in [2.05, 4.69) is 12.2 Å². The molecule has 0 heterocycles. The van der Waals surface area contributed by atoms with Crippen LogP contribution in [0.3, 0.4) is 0 Å². The van der Waals surface area contributed by atoms with Crippen LogP contribution in [0.5, 0.6) is 0 Å². The number of rotatable bonds is 8. The molecule has 0 amide bonds. The van der Waals surface area contributed by atoms with Gasteiger partial charge in [-0.15, -0.1) is 0 Å². The molecule has 0 radical (unpaired) electrons. The second kappa shape index (κ2) is 6.01. The normalized spacial score (nSPS) is 20.7. The summed E-state index contributed by atoms with van der Waals surface area (Å²) in [6, 6.07) is 0.485. The van der Waals surface area contributed by atoms with Crippen molar-refractivity contribution >= 4 is 9.84 Å². The second-order valence-electron chi connectivity index (χ2n) is 5.21. The molecule has 3 nitrogen and oxygen atoms in total. The molecule has 0 aromatic rings. The number of sulfone groups is 1. The molecule has 0 spiro atoms. The molecule has 2 unspecified atom stereocenters. The fraction of sp³-hybridized carbons (Fsp3) is 1.00. The molecule has 1 aliphatic rings. The third-order valence-corrected chi connectivity index (χ3v) is 5.35. The van der Waals surface area contributed by atoms with Gasteiger partial charge in [0.15, 0.2) is 9.84 Å². The molecule has 16 heavy (non-hydrogen) atoms. The SMILES string of the molecule is CCC(C)CS(=O)(=O)CCNC(C)C1CC1. The van der Waals surface area contributed by atoms with Crippen LogP contribution in [0, 0.1) is 11.8 Å². The Hall–Kier alpha value is -0.0900. The van der Waals surface area contributed by atoms with E-state index in [1.54, 1.807) is 0 Å². The average molecular weight is 247 g/mol. The highest BCUT2D eigenvalue weighted by molar-refractivity contribution is 7.91. The first-order valence-corrected chi connectivity index (χ1v) is 8.20. The van der Waals surface area contributed by atoms with Gasteiger partial charge in [-0.3, -0.25) is 0 Å². The largest absolute Gasteiger partial charge is 0.313 e. The summed E-state index contributed by atoms with van der Waals surface area (Å²) in [6.07, 6.45) is 3.53. The zero-order valence-corrected chi connectivity index (χ0v) is 11.5. The summed E-state index contributed by atoms with van der Waals surface area (Å²) in [5.74, 6) is 1.69. The number of nitrogens with one attached hydrogen (secondary N) is 1. The van der Waals surface area contributed by atoms with Crippen LogP contribution in [0.15, 0.2) is 0 Å². The Morgan fingerprint density at radius 1 is 1.31 bits per heavy atom. The maximum absolute atomic E-state index is 11.7. The molecular formula is C12H25NO2S. The third-order valence-electron chi connectivity index (χ3n) is 3.44. The van der Waals surface area contributed by atoms with Gasteiger partial charge >= 0.3 is 0 Å². The van der Waals surface area contributed by atoms with Crippen molar-refractivity contribution in [2.24, 2.45) is 11.8 Å². The topological polar surface area (TPSA) is 46.2 Å². The van der Waals surface area contributed by atoms with Crippen LogP contribution in [0.4, 0.5) is 0 Å². The Morgan fingerprint density at radius 3 is 2.44 bits per heavy atom. The zero-order chi connectivity index (χ0) is 12.2. The van der Waals surface area contributed by atoms with E-state index >= 15 is 0 Å². The van der Waals surface area contributed by atoms with Gasteiger partial charge in [-0.05, 0) is 31.6 Å². The predicted molar refractivity (Wildman–Crippen MR) is 68.3 cm³/mol. The number of hydrogen-bond donors (Lipinski definition) is 1. The Bertz CT molecular complexity index is 296. The molecule has 2 atom stereocenters. The van der Waals surface area contributed by atoms with Gasteiger partial charge in [0, 0.05) is 12.6 Å². The summed E-state index contributed by atoms with van der Waals surface area (Å²) in [5, 5.41) is 3.31. The molecule has 1 N–H and O–H groups in total. The van der Waals surface area contributed by atoms with Gasteiger partial charge in [0.2, 0.25) is 0 Å². The Balaban J connectivity index is 2.19. The summed E-state index contributed by atoms with van der Waals surface area (Å²) < 4.78 is 23.5. The van der Waals surface area contributed by atoms with Crippen molar-refractivity contribution in [3.63, 3.8) is 0 Å². The van der Waals surface area contributed by atoms with Gasteiger partial charge in [0.05, 0.1) is 11.5 Å². The molecule has 1 rings (SSSR count). The van der Waals surface area contributed by atoms with Crippen molar-refractivity contribution in [3.05, 3.63) is 0 Å². The van der Waals surface area contributed by atoms with Crippen molar-refractivity contribution in [1.29, 1.82) is 0 Å². The van der Waals surface area contributed by atoms with Gasteiger partial charge in [0.1, 0.15) is 0 Å². The first-order valence-electron chi connectivity index (χ1n) is 6.38. The fourth-order valence-corrected chi connectivity index (χ4v) is 3.54. The Kier molecular flexibility index (Phi) is 5.25. The van der Waals surface area contributed by atoms with Crippen molar-refractivity contribution in [1.82, 2.24) is 5.32 Å². The van der Waals surface area contributed by atoms with Gasteiger partial charge in [0.25, 0.3) is 0 Å². The quantitative estimate of drug-likeness (QED) is 0.712. The van der Waals surface area contributed by atoms with Crippen molar-refractivity contribution < 1.29 is 8.42 Å². The van der Waals surface area contributed by atoms with Gasteiger partial charge in [-0.2, -0.15) is 0 Å². The fourth-order valence-electron chi connectivity index (χ4n) is 1.84. The van der Waals surface area contributed by atoms with Crippen LogP contribution in [-0.4, -0.2) is 32.5 Å². The monoisotopic (exact) mass is 247 g/mol. The molecule has 1 aliphatic carbocycles. The van der Waals surface area contributed by atoms with Gasteiger partial charge < -0.3 is 5.32 Å². The highest BCUT2D eigenvalue weighted by Crippen LogP contribution is 2.32. The van der Waals surface area contributed by atoms with Crippen LogP contribution in [0.1, 0.15) is 40.0 Å². The molecule has 4 heteroatoms. The van der Waals surface area contributed by atoms with Crippen LogP contribution in [0.25, 0.3) is 0 Å². The molecule has 0 aromatic carbocycles. The van der Waals surface area contributed by atoms with Crippen molar-refractivity contribution in [3.8, 4) is 0 Å². The minimum atomic E-state index is -2.86. The maximum atomic E-state index is 11.7. The lowest BCUT2D eigenvalue weighted by Gasteiger charge is -2.13. The molecule has 0 aromatic heterocycles. The lowest BCUT2D eigenvalue weighted by atomic mass is 10.2. The molecule has 0 bridgehead atoms. The summed E-state index contributed by atoms with van der Waals surface area (Å²) in [7, 11) is -2.86. The molecule has 0 saturated heterocycles. The number of hydrogen-bond acceptors (Lipinski definition) is 3. The minimum Gasteiger partial charge on any atom is -0.313 e. The van der Waals surface area contributed by atoms with E-state index in [4.69, 9.17) is 0 Å². The zero-order valence-electron chi connectivity index (χ0n) is 10.7. The van der Waals surface area contributed by atoms with Crippen molar-refractivity contribution in [2.75, 3.05) is 18.1 Å². The van der Waals surface area contributed by atoms with Crippen LogP contribution in [-0.2, 0) is 9.84 Å². The highest BCUT2D eigenvalue weighted by atomic mass is 32.2. The first kappa shape index (κ1) is 14.0. The molecule has 0 aliphatic heterocycles. The first-order chi connectivity index (χ1) is 7.44. The second-order valence-corrected chi connectivity index (χ2v) is 7.44. The van der Waals surface area contributed by atoms with E-state index in [0.29, 0.717) is 18.3 Å². The minimum absolute atomic E-state index is 0.283. The van der Waals surface area contributed by atoms with Crippen LogP contribution >= 0.6 is 0 Å². The predicted octanol–water partition coefficient (Wildman–Crippen LogP) is 1.84. The Morgan fingerprint density at radius 2 is 1.94 bits per heavy atom. The lowest BCUT2D eigenvalue weighted by molar-refractivity contribution is 0.507.